The van der Waals surface area contributed by atoms with Crippen molar-refractivity contribution in [2.75, 3.05) is 21.3 Å². The standard InChI is InChI=1S/C21H24N2O4/c1-14-5-7-15(8-6-14)21-23-17(13-27-21)12-22-11-16-9-10-18(24-2)20(26-4)19(16)25-3/h5-10,13,22H,11-12H2,1-4H3. The summed E-state index contributed by atoms with van der Waals surface area (Å²) in [5, 5.41) is 3.36. The predicted octanol–water partition coefficient (Wildman–Crippen LogP) is 3.97. The fourth-order valence-electron chi connectivity index (χ4n) is 2.84. The van der Waals surface area contributed by atoms with Gasteiger partial charge in [0.25, 0.3) is 0 Å². The summed E-state index contributed by atoms with van der Waals surface area (Å²) in [6.45, 7) is 3.22. The van der Waals surface area contributed by atoms with E-state index in [4.69, 9.17) is 18.6 Å². The molecule has 0 amide bonds. The number of aromatic nitrogens is 1. The van der Waals surface area contributed by atoms with Crippen molar-refractivity contribution < 1.29 is 18.6 Å². The molecular formula is C21H24N2O4. The van der Waals surface area contributed by atoms with E-state index < -0.39 is 0 Å². The van der Waals surface area contributed by atoms with E-state index in [1.165, 1.54) is 5.56 Å². The number of nitrogens with one attached hydrogen (secondary N) is 1. The van der Waals surface area contributed by atoms with E-state index in [1.54, 1.807) is 27.6 Å². The van der Waals surface area contributed by atoms with Crippen molar-refractivity contribution in [2.24, 2.45) is 0 Å². The molecule has 2 aromatic carbocycles. The van der Waals surface area contributed by atoms with E-state index in [9.17, 15) is 0 Å². The zero-order valence-electron chi connectivity index (χ0n) is 16.0. The highest BCUT2D eigenvalue weighted by Crippen LogP contribution is 2.39. The van der Waals surface area contributed by atoms with Crippen molar-refractivity contribution in [1.82, 2.24) is 10.3 Å². The van der Waals surface area contributed by atoms with Crippen LogP contribution in [0.15, 0.2) is 47.1 Å². The first-order valence-electron chi connectivity index (χ1n) is 8.66. The van der Waals surface area contributed by atoms with Crippen LogP contribution in [0.5, 0.6) is 17.2 Å². The van der Waals surface area contributed by atoms with Gasteiger partial charge in [0.2, 0.25) is 11.6 Å². The highest BCUT2D eigenvalue weighted by atomic mass is 16.5. The van der Waals surface area contributed by atoms with E-state index in [2.05, 4.69) is 17.2 Å². The maximum Gasteiger partial charge on any atom is 0.226 e. The van der Waals surface area contributed by atoms with Crippen molar-refractivity contribution in [1.29, 1.82) is 0 Å². The molecule has 0 saturated carbocycles. The Hall–Kier alpha value is -2.99. The van der Waals surface area contributed by atoms with Gasteiger partial charge < -0.3 is 23.9 Å². The highest BCUT2D eigenvalue weighted by molar-refractivity contribution is 5.56. The average Bonchev–Trinajstić information content (AvgIpc) is 3.16. The number of nitrogens with zero attached hydrogens (tertiary/aromatic N) is 1. The Balaban J connectivity index is 1.66. The van der Waals surface area contributed by atoms with Crippen LogP contribution in [0.25, 0.3) is 11.5 Å². The minimum absolute atomic E-state index is 0.576. The topological polar surface area (TPSA) is 65.8 Å². The van der Waals surface area contributed by atoms with Gasteiger partial charge in [-0.25, -0.2) is 4.98 Å². The van der Waals surface area contributed by atoms with Gasteiger partial charge in [-0.3, -0.25) is 0 Å². The van der Waals surface area contributed by atoms with Crippen LogP contribution in [-0.4, -0.2) is 26.3 Å². The van der Waals surface area contributed by atoms with Crippen molar-refractivity contribution >= 4 is 0 Å². The maximum absolute atomic E-state index is 5.59. The number of oxazole rings is 1. The molecule has 0 radical (unpaired) electrons. The fourth-order valence-corrected chi connectivity index (χ4v) is 2.84. The molecule has 0 bridgehead atoms. The largest absolute Gasteiger partial charge is 0.493 e. The third-order valence-corrected chi connectivity index (χ3v) is 4.26. The lowest BCUT2D eigenvalue weighted by molar-refractivity contribution is 0.321. The van der Waals surface area contributed by atoms with Crippen molar-refractivity contribution in [2.45, 2.75) is 20.0 Å². The van der Waals surface area contributed by atoms with E-state index in [0.29, 0.717) is 36.2 Å². The van der Waals surface area contributed by atoms with Gasteiger partial charge in [0.15, 0.2) is 11.5 Å². The molecule has 1 aromatic heterocycles. The van der Waals surface area contributed by atoms with Gasteiger partial charge in [-0.05, 0) is 25.1 Å². The molecule has 3 rings (SSSR count). The van der Waals surface area contributed by atoms with Crippen molar-refractivity contribution in [3.05, 3.63) is 59.5 Å². The molecule has 6 heteroatoms. The summed E-state index contributed by atoms with van der Waals surface area (Å²) in [6, 6.07) is 11.9. The smallest absolute Gasteiger partial charge is 0.226 e. The summed E-state index contributed by atoms with van der Waals surface area (Å²) in [6.07, 6.45) is 1.67. The van der Waals surface area contributed by atoms with Crippen molar-refractivity contribution in [3.8, 4) is 28.7 Å². The van der Waals surface area contributed by atoms with Gasteiger partial charge in [0, 0.05) is 24.2 Å². The van der Waals surface area contributed by atoms with Gasteiger partial charge in [-0.15, -0.1) is 0 Å². The Bertz CT molecular complexity index is 888. The molecule has 0 aliphatic heterocycles. The molecule has 0 aliphatic carbocycles. The van der Waals surface area contributed by atoms with Gasteiger partial charge in [-0.1, -0.05) is 23.8 Å². The number of hydrogen-bond acceptors (Lipinski definition) is 6. The van der Waals surface area contributed by atoms with Crippen LogP contribution in [0.3, 0.4) is 0 Å². The number of hydrogen-bond donors (Lipinski definition) is 1. The Morgan fingerprint density at radius 1 is 0.889 bits per heavy atom. The molecule has 0 unspecified atom stereocenters. The lowest BCUT2D eigenvalue weighted by atomic mass is 10.1. The van der Waals surface area contributed by atoms with Gasteiger partial charge >= 0.3 is 0 Å². The second-order valence-corrected chi connectivity index (χ2v) is 6.11. The molecule has 1 heterocycles. The normalized spacial score (nSPS) is 10.7. The fraction of sp³-hybridized carbons (Fsp3) is 0.286. The first kappa shape index (κ1) is 18.8. The quantitative estimate of drug-likeness (QED) is 0.649. The maximum atomic E-state index is 5.59. The molecule has 3 aromatic rings. The van der Waals surface area contributed by atoms with E-state index in [0.717, 1.165) is 16.8 Å². The van der Waals surface area contributed by atoms with Gasteiger partial charge in [0.05, 0.1) is 27.0 Å². The lowest BCUT2D eigenvalue weighted by Gasteiger charge is -2.15. The van der Waals surface area contributed by atoms with E-state index in [-0.39, 0.29) is 0 Å². The van der Waals surface area contributed by atoms with Gasteiger partial charge in [0.1, 0.15) is 6.26 Å². The molecule has 0 atom stereocenters. The first-order chi connectivity index (χ1) is 13.2. The third-order valence-electron chi connectivity index (χ3n) is 4.26. The minimum Gasteiger partial charge on any atom is -0.493 e. The Morgan fingerprint density at radius 3 is 2.30 bits per heavy atom. The number of rotatable bonds is 8. The monoisotopic (exact) mass is 368 g/mol. The summed E-state index contributed by atoms with van der Waals surface area (Å²) in [7, 11) is 4.82. The zero-order valence-corrected chi connectivity index (χ0v) is 16.0. The third kappa shape index (κ3) is 4.23. The molecule has 142 valence electrons. The molecule has 27 heavy (non-hydrogen) atoms. The van der Waals surface area contributed by atoms with E-state index in [1.807, 2.05) is 36.4 Å². The number of ether oxygens (including phenoxy) is 3. The van der Waals surface area contributed by atoms with Crippen LogP contribution in [-0.2, 0) is 13.1 Å². The Morgan fingerprint density at radius 2 is 1.63 bits per heavy atom. The summed E-state index contributed by atoms with van der Waals surface area (Å²) in [4.78, 5) is 4.54. The minimum atomic E-state index is 0.576. The van der Waals surface area contributed by atoms with Crippen LogP contribution in [0.4, 0.5) is 0 Å². The SMILES string of the molecule is COc1ccc(CNCc2coc(-c3ccc(C)cc3)n2)c(OC)c1OC. The molecular weight excluding hydrogens is 344 g/mol. The second-order valence-electron chi connectivity index (χ2n) is 6.11. The predicted molar refractivity (Wildman–Crippen MR) is 103 cm³/mol. The average molecular weight is 368 g/mol. The van der Waals surface area contributed by atoms with Crippen LogP contribution in [0, 0.1) is 6.92 Å². The summed E-state index contributed by atoms with van der Waals surface area (Å²) in [5.74, 6) is 2.50. The zero-order chi connectivity index (χ0) is 19.2. The number of benzene rings is 2. The van der Waals surface area contributed by atoms with Crippen molar-refractivity contribution in [3.63, 3.8) is 0 Å². The van der Waals surface area contributed by atoms with Crippen LogP contribution < -0.4 is 19.5 Å². The van der Waals surface area contributed by atoms with Gasteiger partial charge in [-0.2, -0.15) is 0 Å². The summed E-state index contributed by atoms with van der Waals surface area (Å²) < 4.78 is 21.8. The highest BCUT2D eigenvalue weighted by Gasteiger charge is 2.15. The molecule has 0 saturated heterocycles. The summed E-state index contributed by atoms with van der Waals surface area (Å²) in [5.41, 5.74) is 3.98. The Kier molecular flexibility index (Phi) is 5.98. The number of methoxy groups -OCH3 is 3. The second kappa shape index (κ2) is 8.60. The molecule has 0 spiro atoms. The Labute approximate surface area is 159 Å². The number of aryl methyl sites for hydroxylation is 1. The molecule has 6 nitrogen and oxygen atoms in total. The molecule has 1 N–H and O–H groups in total. The van der Waals surface area contributed by atoms with E-state index >= 15 is 0 Å². The molecule has 0 aliphatic rings. The van der Waals surface area contributed by atoms with Crippen LogP contribution in [0.2, 0.25) is 0 Å². The van der Waals surface area contributed by atoms with Crippen LogP contribution >= 0.6 is 0 Å². The molecule has 0 fully saturated rings. The summed E-state index contributed by atoms with van der Waals surface area (Å²) >= 11 is 0. The first-order valence-corrected chi connectivity index (χ1v) is 8.66. The van der Waals surface area contributed by atoms with Crippen LogP contribution in [0.1, 0.15) is 16.8 Å². The lowest BCUT2D eigenvalue weighted by Crippen LogP contribution is -2.14.